The van der Waals surface area contributed by atoms with Crippen LogP contribution in [0.15, 0.2) is 18.2 Å². The van der Waals surface area contributed by atoms with E-state index >= 15 is 0 Å². The SMILES string of the molecule is Cc1ccc(O)c(C(C)NC2CCC(=O)N(C)C2=O)c1. The van der Waals surface area contributed by atoms with Crippen LogP contribution >= 0.6 is 0 Å². The molecule has 0 saturated carbocycles. The molecule has 20 heavy (non-hydrogen) atoms. The molecule has 2 unspecified atom stereocenters. The molecule has 5 nitrogen and oxygen atoms in total. The van der Waals surface area contributed by atoms with Crippen molar-refractivity contribution in [1.29, 1.82) is 0 Å². The molecule has 2 N–H and O–H groups in total. The van der Waals surface area contributed by atoms with Crippen LogP contribution in [0.3, 0.4) is 0 Å². The largest absolute Gasteiger partial charge is 0.508 e. The van der Waals surface area contributed by atoms with Crippen molar-refractivity contribution in [2.45, 2.75) is 38.8 Å². The van der Waals surface area contributed by atoms with Crippen LogP contribution in [0.1, 0.15) is 36.9 Å². The summed E-state index contributed by atoms with van der Waals surface area (Å²) >= 11 is 0. The van der Waals surface area contributed by atoms with Gasteiger partial charge in [0.1, 0.15) is 5.75 Å². The van der Waals surface area contributed by atoms with Gasteiger partial charge >= 0.3 is 0 Å². The van der Waals surface area contributed by atoms with Crippen LogP contribution in [-0.2, 0) is 9.59 Å². The summed E-state index contributed by atoms with van der Waals surface area (Å²) in [4.78, 5) is 24.6. The Hall–Kier alpha value is -1.88. The zero-order valence-electron chi connectivity index (χ0n) is 12.0. The smallest absolute Gasteiger partial charge is 0.246 e. The van der Waals surface area contributed by atoms with Crippen molar-refractivity contribution in [2.24, 2.45) is 0 Å². The Kier molecular flexibility index (Phi) is 4.09. The van der Waals surface area contributed by atoms with Gasteiger partial charge in [-0.1, -0.05) is 17.7 Å². The number of hydrogen-bond donors (Lipinski definition) is 2. The number of carbonyl (C=O) groups excluding carboxylic acids is 2. The first-order chi connectivity index (χ1) is 9.40. The number of amides is 2. The Morgan fingerprint density at radius 1 is 1.40 bits per heavy atom. The molecular formula is C15H20N2O3. The molecule has 0 radical (unpaired) electrons. The summed E-state index contributed by atoms with van der Waals surface area (Å²) in [6.45, 7) is 3.85. The molecule has 1 heterocycles. The fourth-order valence-electron chi connectivity index (χ4n) is 2.48. The molecular weight excluding hydrogens is 256 g/mol. The summed E-state index contributed by atoms with van der Waals surface area (Å²) in [7, 11) is 1.51. The molecule has 0 spiro atoms. The van der Waals surface area contributed by atoms with E-state index in [0.717, 1.165) is 11.1 Å². The standard InChI is InChI=1S/C15H20N2O3/c1-9-4-6-13(18)11(8-9)10(2)16-12-5-7-14(19)17(3)15(12)20/h4,6,8,10,12,16,18H,5,7H2,1-3H3. The molecule has 1 aromatic rings. The third-order valence-electron chi connectivity index (χ3n) is 3.75. The van der Waals surface area contributed by atoms with E-state index in [9.17, 15) is 14.7 Å². The van der Waals surface area contributed by atoms with Crippen LogP contribution < -0.4 is 5.32 Å². The number of phenolic OH excluding ortho intramolecular Hbond substituents is 1. The van der Waals surface area contributed by atoms with Gasteiger partial charge in [-0.25, -0.2) is 0 Å². The number of aromatic hydroxyl groups is 1. The van der Waals surface area contributed by atoms with Crippen molar-refractivity contribution < 1.29 is 14.7 Å². The molecule has 5 heteroatoms. The van der Waals surface area contributed by atoms with Gasteiger partial charge in [0.15, 0.2) is 0 Å². The molecule has 2 rings (SSSR count). The first-order valence-electron chi connectivity index (χ1n) is 6.76. The van der Waals surface area contributed by atoms with Crippen molar-refractivity contribution in [3.8, 4) is 5.75 Å². The number of carbonyl (C=O) groups is 2. The molecule has 2 amide bonds. The van der Waals surface area contributed by atoms with Crippen molar-refractivity contribution in [2.75, 3.05) is 7.05 Å². The van der Waals surface area contributed by atoms with Gasteiger partial charge < -0.3 is 5.11 Å². The van der Waals surface area contributed by atoms with Gasteiger partial charge in [0.2, 0.25) is 11.8 Å². The zero-order valence-corrected chi connectivity index (χ0v) is 12.0. The van der Waals surface area contributed by atoms with E-state index < -0.39 is 0 Å². The van der Waals surface area contributed by atoms with E-state index in [1.807, 2.05) is 26.0 Å². The predicted octanol–water partition coefficient (Wildman–Crippen LogP) is 1.50. The molecule has 1 saturated heterocycles. The van der Waals surface area contributed by atoms with Gasteiger partial charge in [0, 0.05) is 25.1 Å². The normalized spacial score (nSPS) is 21.1. The van der Waals surface area contributed by atoms with Crippen LogP contribution in [0.4, 0.5) is 0 Å². The number of phenols is 1. The highest BCUT2D eigenvalue weighted by Gasteiger charge is 2.32. The number of aryl methyl sites for hydroxylation is 1. The molecule has 0 bridgehead atoms. The quantitative estimate of drug-likeness (QED) is 0.821. The van der Waals surface area contributed by atoms with E-state index in [1.165, 1.54) is 11.9 Å². The monoisotopic (exact) mass is 276 g/mol. The lowest BCUT2D eigenvalue weighted by Crippen LogP contribution is -2.51. The molecule has 108 valence electrons. The van der Waals surface area contributed by atoms with Gasteiger partial charge in [0.25, 0.3) is 0 Å². The van der Waals surface area contributed by atoms with Gasteiger partial charge in [-0.05, 0) is 26.3 Å². The van der Waals surface area contributed by atoms with Crippen molar-refractivity contribution in [1.82, 2.24) is 10.2 Å². The van der Waals surface area contributed by atoms with E-state index in [0.29, 0.717) is 12.8 Å². The number of hydrogen-bond acceptors (Lipinski definition) is 4. The second kappa shape index (κ2) is 5.63. The highest BCUT2D eigenvalue weighted by molar-refractivity contribution is 6.00. The zero-order chi connectivity index (χ0) is 14.9. The fraction of sp³-hybridized carbons (Fsp3) is 0.467. The summed E-state index contributed by atoms with van der Waals surface area (Å²) in [5.41, 5.74) is 1.81. The van der Waals surface area contributed by atoms with E-state index in [-0.39, 0.29) is 29.6 Å². The number of imide groups is 1. The lowest BCUT2D eigenvalue weighted by molar-refractivity contribution is -0.148. The second-order valence-electron chi connectivity index (χ2n) is 5.33. The van der Waals surface area contributed by atoms with Crippen molar-refractivity contribution in [3.05, 3.63) is 29.3 Å². The van der Waals surface area contributed by atoms with Crippen LogP contribution in [0.5, 0.6) is 5.75 Å². The average molecular weight is 276 g/mol. The number of piperidine rings is 1. The topological polar surface area (TPSA) is 69.6 Å². The summed E-state index contributed by atoms with van der Waals surface area (Å²) < 4.78 is 0. The van der Waals surface area contributed by atoms with Gasteiger partial charge in [0.05, 0.1) is 6.04 Å². The highest BCUT2D eigenvalue weighted by Crippen LogP contribution is 2.26. The molecule has 1 aliphatic rings. The molecule has 0 aliphatic carbocycles. The van der Waals surface area contributed by atoms with Crippen LogP contribution in [0, 0.1) is 6.92 Å². The lowest BCUT2D eigenvalue weighted by Gasteiger charge is -2.30. The summed E-state index contributed by atoms with van der Waals surface area (Å²) in [6.07, 6.45) is 0.866. The molecule has 1 fully saturated rings. The second-order valence-corrected chi connectivity index (χ2v) is 5.33. The molecule has 2 atom stereocenters. The minimum Gasteiger partial charge on any atom is -0.508 e. The minimum atomic E-state index is -0.382. The Morgan fingerprint density at radius 2 is 2.10 bits per heavy atom. The maximum Gasteiger partial charge on any atom is 0.246 e. The Bertz CT molecular complexity index is 542. The number of likely N-dealkylation sites (tertiary alicyclic amines) is 1. The van der Waals surface area contributed by atoms with Gasteiger partial charge in [-0.2, -0.15) is 0 Å². The number of nitrogens with one attached hydrogen (secondary N) is 1. The van der Waals surface area contributed by atoms with Crippen LogP contribution in [0.2, 0.25) is 0 Å². The van der Waals surface area contributed by atoms with E-state index in [2.05, 4.69) is 5.32 Å². The summed E-state index contributed by atoms with van der Waals surface area (Å²) in [6, 6.07) is 4.85. The molecule has 1 aromatic carbocycles. The first kappa shape index (κ1) is 14.5. The maximum atomic E-state index is 12.0. The number of benzene rings is 1. The average Bonchev–Trinajstić information content (AvgIpc) is 2.42. The lowest BCUT2D eigenvalue weighted by atomic mass is 10.00. The minimum absolute atomic E-state index is 0.140. The Labute approximate surface area is 118 Å². The number of nitrogens with zero attached hydrogens (tertiary/aromatic N) is 1. The van der Waals surface area contributed by atoms with E-state index in [1.54, 1.807) is 6.07 Å². The highest BCUT2D eigenvalue weighted by atomic mass is 16.3. The van der Waals surface area contributed by atoms with Crippen molar-refractivity contribution in [3.63, 3.8) is 0 Å². The summed E-state index contributed by atoms with van der Waals surface area (Å²) in [5, 5.41) is 13.1. The van der Waals surface area contributed by atoms with Gasteiger partial charge in [-0.3, -0.25) is 19.8 Å². The summed E-state index contributed by atoms with van der Waals surface area (Å²) in [5.74, 6) is -0.136. The predicted molar refractivity (Wildman–Crippen MR) is 75.2 cm³/mol. The fourth-order valence-corrected chi connectivity index (χ4v) is 2.48. The van der Waals surface area contributed by atoms with Gasteiger partial charge in [-0.15, -0.1) is 0 Å². The number of likely N-dealkylation sites (N-methyl/N-ethyl adjacent to an activating group) is 1. The third-order valence-corrected chi connectivity index (χ3v) is 3.75. The molecule has 1 aliphatic heterocycles. The van der Waals surface area contributed by atoms with Crippen LogP contribution in [-0.4, -0.2) is 34.9 Å². The van der Waals surface area contributed by atoms with Crippen LogP contribution in [0.25, 0.3) is 0 Å². The first-order valence-corrected chi connectivity index (χ1v) is 6.76. The Balaban J connectivity index is 2.11. The third kappa shape index (κ3) is 2.82. The maximum absolute atomic E-state index is 12.0. The molecule has 0 aromatic heterocycles. The Morgan fingerprint density at radius 3 is 2.80 bits per heavy atom. The van der Waals surface area contributed by atoms with E-state index in [4.69, 9.17) is 0 Å². The van der Waals surface area contributed by atoms with Crippen molar-refractivity contribution >= 4 is 11.8 Å². The number of rotatable bonds is 3.